The third-order valence-corrected chi connectivity index (χ3v) is 7.14. The third-order valence-electron chi connectivity index (χ3n) is 6.84. The monoisotopic (exact) mass is 592 g/mol. The van der Waals surface area contributed by atoms with Crippen molar-refractivity contribution in [1.29, 1.82) is 0 Å². The molecule has 4 N–H and O–H groups in total. The van der Waals surface area contributed by atoms with Crippen LogP contribution in [0.1, 0.15) is 65.9 Å². The Morgan fingerprint density at radius 2 is 2.00 bits per heavy atom. The number of aryl methyl sites for hydroxylation is 1. The quantitative estimate of drug-likeness (QED) is 0.200. The van der Waals surface area contributed by atoms with E-state index >= 15 is 0 Å². The highest BCUT2D eigenvalue weighted by Crippen LogP contribution is 2.34. The lowest BCUT2D eigenvalue weighted by molar-refractivity contribution is 0.0733. The average molecular weight is 593 g/mol. The highest BCUT2D eigenvalue weighted by atomic mass is 35.5. The largest absolute Gasteiger partial charge is 0.456 e. The molecule has 0 radical (unpaired) electrons. The molecule has 0 fully saturated rings. The molecule has 9 heteroatoms. The summed E-state index contributed by atoms with van der Waals surface area (Å²) in [7, 11) is 1.90. The van der Waals surface area contributed by atoms with Crippen LogP contribution in [-0.2, 0) is 0 Å². The minimum atomic E-state index is -0.781. The Balaban J connectivity index is 1.87. The van der Waals surface area contributed by atoms with Crippen LogP contribution in [0.15, 0.2) is 47.6 Å². The first-order valence-corrected chi connectivity index (χ1v) is 14.9. The summed E-state index contributed by atoms with van der Waals surface area (Å²) in [6.07, 6.45) is 9.31. The fourth-order valence-corrected chi connectivity index (χ4v) is 4.10. The molecule has 226 valence electrons. The summed E-state index contributed by atoms with van der Waals surface area (Å²) in [5.41, 5.74) is 8.43. The molecule has 1 heterocycles. The Morgan fingerprint density at radius 3 is 2.67 bits per heavy atom. The van der Waals surface area contributed by atoms with Gasteiger partial charge >= 0.3 is 0 Å². The van der Waals surface area contributed by atoms with Crippen molar-refractivity contribution in [3.05, 3.63) is 63.7 Å². The number of aliphatic imine (C=N–C) groups is 1. The van der Waals surface area contributed by atoms with Crippen LogP contribution in [-0.4, -0.2) is 40.5 Å². The molecule has 3 aromatic rings. The van der Waals surface area contributed by atoms with E-state index in [9.17, 15) is 5.11 Å². The van der Waals surface area contributed by atoms with Gasteiger partial charge in [0, 0.05) is 43.0 Å². The van der Waals surface area contributed by atoms with Crippen LogP contribution < -0.4 is 31.3 Å². The molecule has 0 amide bonds. The highest BCUT2D eigenvalue weighted by Gasteiger charge is 2.15. The Bertz CT molecular complexity index is 1500. The highest BCUT2D eigenvalue weighted by molar-refractivity contribution is 6.32. The maximum Gasteiger partial charge on any atom is 0.225 e. The van der Waals surface area contributed by atoms with Crippen LogP contribution in [0, 0.1) is 12.8 Å². The summed E-state index contributed by atoms with van der Waals surface area (Å²) in [5.74, 6) is 2.49. The zero-order chi connectivity index (χ0) is 30.9. The van der Waals surface area contributed by atoms with Gasteiger partial charge in [-0.25, -0.2) is 9.97 Å². The molecule has 0 spiro atoms. The van der Waals surface area contributed by atoms with Gasteiger partial charge in [-0.15, -0.1) is 0 Å². The lowest BCUT2D eigenvalue weighted by atomic mass is 10.1. The SMILES string of the molecule is CCC/C=c1\cnc(N(C)CCC(C)(C)O)n\c1=C(\N)Nc1ccc(Oc2ccc(C)c(N=CC(C)CC)c2)c(Cl)c1. The van der Waals surface area contributed by atoms with Crippen LogP contribution in [0.5, 0.6) is 11.5 Å². The summed E-state index contributed by atoms with van der Waals surface area (Å²) in [6.45, 7) is 12.6. The van der Waals surface area contributed by atoms with Gasteiger partial charge < -0.3 is 25.8 Å². The minimum Gasteiger partial charge on any atom is -0.456 e. The number of halogens is 1. The Morgan fingerprint density at radius 1 is 1.24 bits per heavy atom. The molecule has 2 aromatic carbocycles. The summed E-state index contributed by atoms with van der Waals surface area (Å²) < 4.78 is 6.11. The Hall–Kier alpha value is -3.62. The molecule has 0 aliphatic heterocycles. The van der Waals surface area contributed by atoms with E-state index in [0.717, 1.165) is 35.7 Å². The van der Waals surface area contributed by atoms with Crippen LogP contribution in [0.25, 0.3) is 11.9 Å². The molecule has 8 nitrogen and oxygen atoms in total. The fraction of sp³-hybridized carbons (Fsp3) is 0.424. The summed E-state index contributed by atoms with van der Waals surface area (Å²) in [6, 6.07) is 11.3. The smallest absolute Gasteiger partial charge is 0.225 e. The van der Waals surface area contributed by atoms with E-state index in [0.29, 0.717) is 58.2 Å². The second kappa shape index (κ2) is 15.0. The number of hydrogen-bond acceptors (Lipinski definition) is 8. The number of ether oxygens (including phenoxy) is 1. The number of nitrogens with one attached hydrogen (secondary N) is 1. The topological polar surface area (TPSA) is 109 Å². The number of benzene rings is 2. The van der Waals surface area contributed by atoms with Crippen molar-refractivity contribution in [2.75, 3.05) is 23.8 Å². The second-order valence-corrected chi connectivity index (χ2v) is 11.8. The zero-order valence-corrected chi connectivity index (χ0v) is 26.7. The molecule has 3 rings (SSSR count). The van der Waals surface area contributed by atoms with Crippen molar-refractivity contribution in [2.45, 2.75) is 72.8 Å². The van der Waals surface area contributed by atoms with Gasteiger partial charge in [-0.05, 0) is 75.8 Å². The fourth-order valence-electron chi connectivity index (χ4n) is 3.88. The van der Waals surface area contributed by atoms with Gasteiger partial charge in [0.2, 0.25) is 5.95 Å². The Labute approximate surface area is 255 Å². The number of aliphatic hydroxyl groups is 1. The van der Waals surface area contributed by atoms with Crippen molar-refractivity contribution >= 4 is 47.0 Å². The lowest BCUT2D eigenvalue weighted by Gasteiger charge is -2.22. The van der Waals surface area contributed by atoms with Gasteiger partial charge in [-0.2, -0.15) is 0 Å². The number of nitrogens with zero attached hydrogens (tertiary/aromatic N) is 4. The first kappa shape index (κ1) is 32.9. The van der Waals surface area contributed by atoms with Crippen molar-refractivity contribution in [1.82, 2.24) is 9.97 Å². The van der Waals surface area contributed by atoms with Gasteiger partial charge in [0.25, 0.3) is 0 Å². The van der Waals surface area contributed by atoms with E-state index in [4.69, 9.17) is 27.1 Å². The van der Waals surface area contributed by atoms with Gasteiger partial charge in [0.15, 0.2) is 0 Å². The van der Waals surface area contributed by atoms with E-state index in [1.54, 1.807) is 32.2 Å². The number of anilines is 2. The maximum atomic E-state index is 10.1. The van der Waals surface area contributed by atoms with Crippen molar-refractivity contribution in [3.63, 3.8) is 0 Å². The molecule has 1 aromatic heterocycles. The molecule has 0 saturated carbocycles. The van der Waals surface area contributed by atoms with Crippen LogP contribution in [0.2, 0.25) is 5.02 Å². The van der Waals surface area contributed by atoms with E-state index < -0.39 is 5.60 Å². The molecule has 1 atom stereocenters. The first-order valence-electron chi connectivity index (χ1n) is 14.6. The van der Waals surface area contributed by atoms with Crippen molar-refractivity contribution < 1.29 is 9.84 Å². The van der Waals surface area contributed by atoms with Gasteiger partial charge in [-0.1, -0.05) is 50.9 Å². The molecule has 0 aliphatic rings. The van der Waals surface area contributed by atoms with Gasteiger partial charge in [0.1, 0.15) is 22.7 Å². The number of nitrogens with two attached hydrogens (primary N) is 1. The van der Waals surface area contributed by atoms with Crippen molar-refractivity contribution in [3.8, 4) is 11.5 Å². The molecule has 42 heavy (non-hydrogen) atoms. The predicted octanol–water partition coefficient (Wildman–Crippen LogP) is 6.29. The van der Waals surface area contributed by atoms with E-state index in [-0.39, 0.29) is 0 Å². The van der Waals surface area contributed by atoms with Crippen LogP contribution in [0.4, 0.5) is 17.3 Å². The van der Waals surface area contributed by atoms with E-state index in [1.165, 1.54) is 0 Å². The maximum absolute atomic E-state index is 10.1. The lowest BCUT2D eigenvalue weighted by Crippen LogP contribution is -2.39. The molecular formula is C33H45ClN6O2. The number of aromatic nitrogens is 2. The number of unbranched alkanes of at least 4 members (excludes halogenated alkanes) is 1. The molecular weight excluding hydrogens is 548 g/mol. The normalized spacial score (nSPS) is 13.8. The molecule has 0 saturated heterocycles. The third kappa shape index (κ3) is 9.74. The molecule has 0 bridgehead atoms. The average Bonchev–Trinajstić information content (AvgIpc) is 2.95. The summed E-state index contributed by atoms with van der Waals surface area (Å²) in [5, 5.41) is 15.3. The second-order valence-electron chi connectivity index (χ2n) is 11.3. The summed E-state index contributed by atoms with van der Waals surface area (Å²) >= 11 is 6.64. The van der Waals surface area contributed by atoms with E-state index in [2.05, 4.69) is 42.1 Å². The number of rotatable bonds is 13. The zero-order valence-electron chi connectivity index (χ0n) is 25.9. The van der Waals surface area contributed by atoms with Crippen molar-refractivity contribution in [2.24, 2.45) is 16.6 Å². The minimum absolute atomic E-state index is 0.379. The van der Waals surface area contributed by atoms with Gasteiger partial charge in [0.05, 0.1) is 16.3 Å². The van der Waals surface area contributed by atoms with E-state index in [1.807, 2.05) is 49.4 Å². The standard InChI is InChI=1S/C33H45ClN6O2/c1-8-10-11-24-21-37-32(40(7)17-16-33(5,6)41)39-30(24)31(35)38-25-13-15-29(27(34)18-25)42-26-14-12-23(4)28(19-26)36-20-22(3)9-2/h11-15,18-22,38,41H,8-10,16-17,35H2,1-7H3/b24-11+,31-30-,36-20?. The first-order chi connectivity index (χ1) is 19.9. The Kier molecular flexibility index (Phi) is 11.8. The van der Waals surface area contributed by atoms with Crippen LogP contribution in [0.3, 0.4) is 0 Å². The summed E-state index contributed by atoms with van der Waals surface area (Å²) in [4.78, 5) is 15.9. The molecule has 1 unspecified atom stereocenters. The van der Waals surface area contributed by atoms with Gasteiger partial charge in [-0.3, -0.25) is 4.99 Å². The van der Waals surface area contributed by atoms with Crippen LogP contribution >= 0.6 is 11.6 Å². The predicted molar refractivity (Wildman–Crippen MR) is 176 cm³/mol. The molecule has 0 aliphatic carbocycles. The number of hydrogen-bond donors (Lipinski definition) is 3.